The summed E-state index contributed by atoms with van der Waals surface area (Å²) in [5.74, 6) is 1.84. The molecule has 0 spiro atoms. The number of carbonyl (C=O) groups is 1. The Morgan fingerprint density at radius 2 is 1.61 bits per heavy atom. The number of methoxy groups -OCH3 is 1. The van der Waals surface area contributed by atoms with Crippen LogP contribution in [0.3, 0.4) is 0 Å². The number of benzene rings is 2. The molecule has 9 nitrogen and oxygen atoms in total. The number of carbonyl (C=O) groups excluding carboxylic acids is 1. The molecule has 36 heavy (non-hydrogen) atoms. The molecule has 1 fully saturated rings. The van der Waals surface area contributed by atoms with Gasteiger partial charge in [-0.3, -0.25) is 4.79 Å². The number of anilines is 1. The van der Waals surface area contributed by atoms with Crippen molar-refractivity contribution in [2.45, 2.75) is 6.54 Å². The lowest BCUT2D eigenvalue weighted by atomic mass is 10.2. The molecule has 0 atom stereocenters. The maximum atomic E-state index is 13.4. The molecule has 184 valence electrons. The minimum atomic E-state index is -0.341. The Labute approximate surface area is 212 Å². The molecule has 0 N–H and O–H groups in total. The van der Waals surface area contributed by atoms with E-state index < -0.39 is 0 Å². The second-order valence-corrected chi connectivity index (χ2v) is 8.66. The number of rotatable bonds is 6. The molecule has 0 radical (unpaired) electrons. The molecule has 0 aliphatic carbocycles. The average molecular weight is 508 g/mol. The third-order valence-corrected chi connectivity index (χ3v) is 6.12. The van der Waals surface area contributed by atoms with Crippen LogP contribution in [0.2, 0.25) is 5.02 Å². The van der Waals surface area contributed by atoms with Gasteiger partial charge in [0.05, 0.1) is 24.5 Å². The van der Waals surface area contributed by atoms with Gasteiger partial charge >= 0.3 is 0 Å². The SMILES string of the molecule is COc1ccc(-c2nc(-c3ccc(F)cc3)nn2CC(=O)N2CCN(c3ncc(Cl)cn3)CC2)cc1. The van der Waals surface area contributed by atoms with E-state index in [2.05, 4.69) is 20.1 Å². The highest BCUT2D eigenvalue weighted by Gasteiger charge is 2.24. The first-order valence-electron chi connectivity index (χ1n) is 11.4. The number of piperazine rings is 1. The number of nitrogens with zero attached hydrogens (tertiary/aromatic N) is 7. The maximum Gasteiger partial charge on any atom is 0.244 e. The number of hydrogen-bond donors (Lipinski definition) is 0. The quantitative estimate of drug-likeness (QED) is 0.394. The highest BCUT2D eigenvalue weighted by molar-refractivity contribution is 6.30. The Bertz CT molecular complexity index is 1340. The first-order valence-corrected chi connectivity index (χ1v) is 11.7. The van der Waals surface area contributed by atoms with E-state index in [-0.39, 0.29) is 18.3 Å². The van der Waals surface area contributed by atoms with Crippen molar-refractivity contribution in [3.63, 3.8) is 0 Å². The summed E-state index contributed by atoms with van der Waals surface area (Å²) < 4.78 is 20.3. The minimum Gasteiger partial charge on any atom is -0.497 e. The summed E-state index contributed by atoms with van der Waals surface area (Å²) in [5.41, 5.74) is 1.45. The lowest BCUT2D eigenvalue weighted by Crippen LogP contribution is -2.50. The van der Waals surface area contributed by atoms with Crippen molar-refractivity contribution in [3.05, 3.63) is 71.8 Å². The van der Waals surface area contributed by atoms with E-state index >= 15 is 0 Å². The molecule has 2 aromatic carbocycles. The molecule has 5 rings (SSSR count). The Morgan fingerprint density at radius 3 is 2.25 bits per heavy atom. The van der Waals surface area contributed by atoms with Crippen molar-refractivity contribution in [1.29, 1.82) is 0 Å². The summed E-state index contributed by atoms with van der Waals surface area (Å²) in [5, 5.41) is 5.08. The van der Waals surface area contributed by atoms with Crippen molar-refractivity contribution in [2.75, 3.05) is 38.2 Å². The summed E-state index contributed by atoms with van der Waals surface area (Å²) in [7, 11) is 1.60. The van der Waals surface area contributed by atoms with Crippen LogP contribution in [-0.4, -0.2) is 68.8 Å². The minimum absolute atomic E-state index is 0.0208. The zero-order valence-electron chi connectivity index (χ0n) is 19.5. The molecule has 1 saturated heterocycles. The lowest BCUT2D eigenvalue weighted by Gasteiger charge is -2.34. The van der Waals surface area contributed by atoms with Gasteiger partial charge in [0, 0.05) is 37.3 Å². The number of ether oxygens (including phenoxy) is 1. The van der Waals surface area contributed by atoms with Gasteiger partial charge in [0.25, 0.3) is 0 Å². The second-order valence-electron chi connectivity index (χ2n) is 8.22. The zero-order chi connectivity index (χ0) is 25.1. The zero-order valence-corrected chi connectivity index (χ0v) is 20.3. The van der Waals surface area contributed by atoms with Gasteiger partial charge in [-0.2, -0.15) is 0 Å². The van der Waals surface area contributed by atoms with Crippen LogP contribution in [0.1, 0.15) is 0 Å². The van der Waals surface area contributed by atoms with Crippen molar-refractivity contribution >= 4 is 23.5 Å². The molecular weight excluding hydrogens is 485 g/mol. The van der Waals surface area contributed by atoms with Crippen LogP contribution in [0.25, 0.3) is 22.8 Å². The third kappa shape index (κ3) is 5.13. The number of hydrogen-bond acceptors (Lipinski definition) is 7. The van der Waals surface area contributed by atoms with Crippen molar-refractivity contribution < 1.29 is 13.9 Å². The molecule has 1 aliphatic rings. The summed E-state index contributed by atoms with van der Waals surface area (Å²) in [6.07, 6.45) is 3.12. The molecule has 0 bridgehead atoms. The lowest BCUT2D eigenvalue weighted by molar-refractivity contribution is -0.132. The van der Waals surface area contributed by atoms with Crippen LogP contribution in [0.5, 0.6) is 5.75 Å². The number of halogens is 2. The highest BCUT2D eigenvalue weighted by Crippen LogP contribution is 2.25. The van der Waals surface area contributed by atoms with E-state index in [9.17, 15) is 9.18 Å². The fraction of sp³-hybridized carbons (Fsp3) is 0.240. The highest BCUT2D eigenvalue weighted by atomic mass is 35.5. The topological polar surface area (TPSA) is 89.3 Å². The molecule has 0 unspecified atom stereocenters. The largest absolute Gasteiger partial charge is 0.497 e. The Balaban J connectivity index is 1.35. The van der Waals surface area contributed by atoms with Crippen molar-refractivity contribution in [3.8, 4) is 28.5 Å². The number of amides is 1. The first kappa shape index (κ1) is 23.7. The van der Waals surface area contributed by atoms with Gasteiger partial charge in [-0.1, -0.05) is 11.6 Å². The Hall–Kier alpha value is -4.05. The van der Waals surface area contributed by atoms with E-state index in [0.717, 1.165) is 5.56 Å². The van der Waals surface area contributed by atoms with Gasteiger partial charge in [-0.25, -0.2) is 24.0 Å². The standard InChI is InChI=1S/C25H23ClFN7O2/c1-36-21-8-4-18(5-9-21)24-30-23(17-2-6-20(27)7-3-17)31-34(24)16-22(35)32-10-12-33(13-11-32)25-28-14-19(26)15-29-25/h2-9,14-15H,10-13,16H2,1H3. The van der Waals surface area contributed by atoms with E-state index in [1.54, 1.807) is 41.2 Å². The Kier molecular flexibility index (Phi) is 6.77. The van der Waals surface area contributed by atoms with Gasteiger partial charge < -0.3 is 14.5 Å². The molecule has 0 saturated carbocycles. The first-order chi connectivity index (χ1) is 17.5. The van der Waals surface area contributed by atoms with E-state index in [0.29, 0.717) is 60.1 Å². The second kappa shape index (κ2) is 10.3. The van der Waals surface area contributed by atoms with Gasteiger partial charge in [0.2, 0.25) is 11.9 Å². The van der Waals surface area contributed by atoms with Crippen LogP contribution in [0, 0.1) is 5.82 Å². The van der Waals surface area contributed by atoms with Crippen LogP contribution in [0.4, 0.5) is 10.3 Å². The average Bonchev–Trinajstić information content (AvgIpc) is 3.33. The van der Waals surface area contributed by atoms with Crippen molar-refractivity contribution in [2.24, 2.45) is 0 Å². The molecule has 2 aromatic heterocycles. The summed E-state index contributed by atoms with van der Waals surface area (Å²) >= 11 is 5.88. The van der Waals surface area contributed by atoms with Gasteiger partial charge in [-0.05, 0) is 48.5 Å². The van der Waals surface area contributed by atoms with Crippen LogP contribution < -0.4 is 9.64 Å². The molecule has 1 aliphatic heterocycles. The van der Waals surface area contributed by atoms with Crippen molar-refractivity contribution in [1.82, 2.24) is 29.6 Å². The molecule has 4 aromatic rings. The smallest absolute Gasteiger partial charge is 0.244 e. The van der Waals surface area contributed by atoms with E-state index in [1.807, 2.05) is 29.2 Å². The molecule has 3 heterocycles. The predicted octanol–water partition coefficient (Wildman–Crippen LogP) is 3.55. The van der Waals surface area contributed by atoms with Crippen LogP contribution in [-0.2, 0) is 11.3 Å². The van der Waals surface area contributed by atoms with Crippen LogP contribution in [0.15, 0.2) is 60.9 Å². The molecule has 11 heteroatoms. The summed E-state index contributed by atoms with van der Waals surface area (Å²) in [4.78, 5) is 30.2. The Morgan fingerprint density at radius 1 is 0.972 bits per heavy atom. The fourth-order valence-electron chi connectivity index (χ4n) is 3.98. The number of aromatic nitrogens is 5. The van der Waals surface area contributed by atoms with Gasteiger partial charge in [-0.15, -0.1) is 5.10 Å². The monoisotopic (exact) mass is 507 g/mol. The summed E-state index contributed by atoms with van der Waals surface area (Å²) in [6.45, 7) is 2.30. The van der Waals surface area contributed by atoms with E-state index in [1.165, 1.54) is 12.1 Å². The summed E-state index contributed by atoms with van der Waals surface area (Å²) in [6, 6.07) is 13.3. The molecular formula is C25H23ClFN7O2. The van der Waals surface area contributed by atoms with Crippen LogP contribution >= 0.6 is 11.6 Å². The predicted molar refractivity (Wildman–Crippen MR) is 133 cm³/mol. The van der Waals surface area contributed by atoms with Gasteiger partial charge in [0.15, 0.2) is 11.6 Å². The van der Waals surface area contributed by atoms with Gasteiger partial charge in [0.1, 0.15) is 18.1 Å². The molecule has 1 amide bonds. The third-order valence-electron chi connectivity index (χ3n) is 5.93. The fourth-order valence-corrected chi connectivity index (χ4v) is 4.08. The maximum absolute atomic E-state index is 13.4. The van der Waals surface area contributed by atoms with E-state index in [4.69, 9.17) is 16.3 Å². The normalized spacial score (nSPS) is 13.6.